The first kappa shape index (κ1) is 13.7. The Morgan fingerprint density at radius 1 is 1.31 bits per heavy atom. The molecule has 1 fully saturated rings. The highest BCUT2D eigenvalue weighted by Gasteiger charge is 2.25. The quantitative estimate of drug-likeness (QED) is 0.718. The van der Waals surface area contributed by atoms with Crippen molar-refractivity contribution in [2.24, 2.45) is 0 Å². The topological polar surface area (TPSA) is 30.5 Å². The predicted molar refractivity (Wildman–Crippen MR) is 53.3 cm³/mol. The van der Waals surface area contributed by atoms with E-state index in [-0.39, 0.29) is 19.3 Å². The van der Waals surface area contributed by atoms with E-state index in [0.717, 1.165) is 25.9 Å². The van der Waals surface area contributed by atoms with E-state index in [1.807, 2.05) is 0 Å². The first-order valence-corrected chi connectivity index (χ1v) is 5.55. The van der Waals surface area contributed by atoms with Crippen LogP contribution in [0.4, 0.5) is 13.2 Å². The lowest BCUT2D eigenvalue weighted by atomic mass is 10.1. The van der Waals surface area contributed by atoms with Gasteiger partial charge in [0.25, 0.3) is 0 Å². The van der Waals surface area contributed by atoms with Gasteiger partial charge in [-0.3, -0.25) is 0 Å². The lowest BCUT2D eigenvalue weighted by Gasteiger charge is -2.22. The molecule has 6 heteroatoms. The molecule has 1 atom stereocenters. The van der Waals surface area contributed by atoms with Gasteiger partial charge in [-0.2, -0.15) is 13.2 Å². The first-order chi connectivity index (χ1) is 7.58. The van der Waals surface area contributed by atoms with Crippen LogP contribution in [-0.2, 0) is 9.47 Å². The molecule has 1 saturated heterocycles. The average molecular weight is 241 g/mol. The normalized spacial score (nSPS) is 22.3. The van der Waals surface area contributed by atoms with E-state index < -0.39 is 12.7 Å². The molecule has 1 rings (SSSR count). The molecule has 0 amide bonds. The molecule has 0 aromatic heterocycles. The Hall–Kier alpha value is -0.330. The minimum absolute atomic E-state index is 0.122. The van der Waals surface area contributed by atoms with E-state index in [2.05, 4.69) is 5.32 Å². The van der Waals surface area contributed by atoms with Crippen LogP contribution in [0.15, 0.2) is 0 Å². The maximum absolute atomic E-state index is 11.7. The number of alkyl halides is 3. The second-order valence-electron chi connectivity index (χ2n) is 3.86. The van der Waals surface area contributed by atoms with Crippen molar-refractivity contribution in [3.8, 4) is 0 Å². The maximum atomic E-state index is 11.7. The summed E-state index contributed by atoms with van der Waals surface area (Å²) in [6.45, 7) is 0.784. The van der Waals surface area contributed by atoms with Crippen LogP contribution in [0.1, 0.15) is 19.3 Å². The van der Waals surface area contributed by atoms with Gasteiger partial charge in [0.15, 0.2) is 0 Å². The van der Waals surface area contributed by atoms with Gasteiger partial charge < -0.3 is 14.8 Å². The second kappa shape index (κ2) is 7.09. The largest absolute Gasteiger partial charge is 0.401 e. The summed E-state index contributed by atoms with van der Waals surface area (Å²) >= 11 is 0. The van der Waals surface area contributed by atoms with E-state index >= 15 is 0 Å². The van der Waals surface area contributed by atoms with Crippen LogP contribution < -0.4 is 5.32 Å². The monoisotopic (exact) mass is 241 g/mol. The number of halogens is 3. The Morgan fingerprint density at radius 2 is 2.12 bits per heavy atom. The van der Waals surface area contributed by atoms with Gasteiger partial charge in [-0.05, 0) is 19.3 Å². The van der Waals surface area contributed by atoms with Crippen molar-refractivity contribution in [2.75, 3.05) is 32.9 Å². The molecule has 1 unspecified atom stereocenters. The Balaban J connectivity index is 1.87. The molecule has 0 spiro atoms. The van der Waals surface area contributed by atoms with Crippen LogP contribution in [0.3, 0.4) is 0 Å². The molecule has 3 nitrogen and oxygen atoms in total. The molecule has 1 N–H and O–H groups in total. The van der Waals surface area contributed by atoms with E-state index in [0.29, 0.717) is 6.61 Å². The molecule has 0 radical (unpaired) electrons. The molecule has 0 aliphatic carbocycles. The van der Waals surface area contributed by atoms with Gasteiger partial charge in [-0.1, -0.05) is 0 Å². The van der Waals surface area contributed by atoms with Gasteiger partial charge in [0, 0.05) is 13.2 Å². The zero-order chi connectivity index (χ0) is 11.9. The molecular weight excluding hydrogens is 223 g/mol. The SMILES string of the molecule is FC(F)(F)CNCCOCC1CCCCO1. The van der Waals surface area contributed by atoms with Gasteiger partial charge in [-0.15, -0.1) is 0 Å². The third kappa shape index (κ3) is 7.03. The summed E-state index contributed by atoms with van der Waals surface area (Å²) in [6, 6.07) is 0. The van der Waals surface area contributed by atoms with Crippen LogP contribution in [0.5, 0.6) is 0 Å². The van der Waals surface area contributed by atoms with Crippen LogP contribution in [0, 0.1) is 0 Å². The van der Waals surface area contributed by atoms with E-state index in [1.54, 1.807) is 0 Å². The zero-order valence-corrected chi connectivity index (χ0v) is 9.18. The Morgan fingerprint density at radius 3 is 2.75 bits per heavy atom. The van der Waals surface area contributed by atoms with Gasteiger partial charge in [-0.25, -0.2) is 0 Å². The third-order valence-electron chi connectivity index (χ3n) is 2.33. The van der Waals surface area contributed by atoms with Crippen molar-refractivity contribution in [2.45, 2.75) is 31.5 Å². The van der Waals surface area contributed by atoms with Crippen LogP contribution in [0.25, 0.3) is 0 Å². The second-order valence-corrected chi connectivity index (χ2v) is 3.86. The standard InChI is InChI=1S/C10H18F3NO2/c11-10(12,13)8-14-4-6-15-7-9-3-1-2-5-16-9/h9,14H,1-8H2. The molecule has 1 heterocycles. The lowest BCUT2D eigenvalue weighted by molar-refractivity contribution is -0.125. The number of ether oxygens (including phenoxy) is 2. The van der Waals surface area contributed by atoms with Crippen LogP contribution in [-0.4, -0.2) is 45.2 Å². The molecule has 0 aromatic carbocycles. The highest BCUT2D eigenvalue weighted by Crippen LogP contribution is 2.13. The summed E-state index contributed by atoms with van der Waals surface area (Å²) in [6.07, 6.45) is -0.816. The molecule has 16 heavy (non-hydrogen) atoms. The van der Waals surface area contributed by atoms with Crippen molar-refractivity contribution in [1.29, 1.82) is 0 Å². The fourth-order valence-corrected chi connectivity index (χ4v) is 1.53. The van der Waals surface area contributed by atoms with Gasteiger partial charge in [0.1, 0.15) is 0 Å². The van der Waals surface area contributed by atoms with Crippen molar-refractivity contribution in [1.82, 2.24) is 5.32 Å². The Bertz CT molecular complexity index is 181. The summed E-state index contributed by atoms with van der Waals surface area (Å²) < 4.78 is 45.8. The smallest absolute Gasteiger partial charge is 0.377 e. The van der Waals surface area contributed by atoms with Crippen molar-refractivity contribution in [3.05, 3.63) is 0 Å². The lowest BCUT2D eigenvalue weighted by Crippen LogP contribution is -2.32. The van der Waals surface area contributed by atoms with Gasteiger partial charge in [0.05, 0.1) is 25.9 Å². The minimum atomic E-state index is -4.15. The fraction of sp³-hybridized carbons (Fsp3) is 1.00. The third-order valence-corrected chi connectivity index (χ3v) is 2.33. The Kier molecular flexibility index (Phi) is 6.08. The van der Waals surface area contributed by atoms with Crippen molar-refractivity contribution < 1.29 is 22.6 Å². The van der Waals surface area contributed by atoms with Gasteiger partial charge >= 0.3 is 6.18 Å². The summed E-state index contributed by atoms with van der Waals surface area (Å²) in [4.78, 5) is 0. The van der Waals surface area contributed by atoms with E-state index in [1.165, 1.54) is 0 Å². The molecule has 1 aliphatic heterocycles. The van der Waals surface area contributed by atoms with Crippen LogP contribution in [0.2, 0.25) is 0 Å². The molecule has 96 valence electrons. The van der Waals surface area contributed by atoms with Crippen molar-refractivity contribution in [3.63, 3.8) is 0 Å². The number of hydrogen-bond donors (Lipinski definition) is 1. The average Bonchev–Trinajstić information content (AvgIpc) is 2.23. The van der Waals surface area contributed by atoms with Crippen LogP contribution >= 0.6 is 0 Å². The molecule has 1 aliphatic rings. The van der Waals surface area contributed by atoms with Gasteiger partial charge in [0.2, 0.25) is 0 Å². The van der Waals surface area contributed by atoms with E-state index in [9.17, 15) is 13.2 Å². The first-order valence-electron chi connectivity index (χ1n) is 5.55. The molecule has 0 saturated carbocycles. The summed E-state index contributed by atoms with van der Waals surface area (Å²) in [5.41, 5.74) is 0. The maximum Gasteiger partial charge on any atom is 0.401 e. The summed E-state index contributed by atoms with van der Waals surface area (Å²) in [5, 5.41) is 2.27. The number of rotatable bonds is 6. The minimum Gasteiger partial charge on any atom is -0.377 e. The summed E-state index contributed by atoms with van der Waals surface area (Å²) in [5.74, 6) is 0. The zero-order valence-electron chi connectivity index (χ0n) is 9.18. The highest BCUT2D eigenvalue weighted by atomic mass is 19.4. The van der Waals surface area contributed by atoms with E-state index in [4.69, 9.17) is 9.47 Å². The highest BCUT2D eigenvalue weighted by molar-refractivity contribution is 4.62. The molecule has 0 bridgehead atoms. The molecular formula is C10H18F3NO2. The summed E-state index contributed by atoms with van der Waals surface area (Å²) in [7, 11) is 0. The van der Waals surface area contributed by atoms with Crippen molar-refractivity contribution >= 4 is 0 Å². The number of hydrogen-bond acceptors (Lipinski definition) is 3. The predicted octanol–water partition coefficient (Wildman–Crippen LogP) is 1.72. The molecule has 0 aromatic rings. The Labute approximate surface area is 93.3 Å². The fourth-order valence-electron chi connectivity index (χ4n) is 1.53. The number of nitrogens with one attached hydrogen (secondary N) is 1.